The maximum absolute atomic E-state index is 11.9. The Kier molecular flexibility index (Phi) is 3.64. The normalized spacial score (nSPS) is 15.7. The van der Waals surface area contributed by atoms with Crippen molar-refractivity contribution in [3.8, 4) is 0 Å². The highest BCUT2D eigenvalue weighted by Gasteiger charge is 2.50. The van der Waals surface area contributed by atoms with E-state index in [9.17, 15) is 9.59 Å². The van der Waals surface area contributed by atoms with Gasteiger partial charge in [0.05, 0.1) is 5.41 Å². The highest BCUT2D eigenvalue weighted by molar-refractivity contribution is 5.86. The second-order valence-electron chi connectivity index (χ2n) is 6.17. The van der Waals surface area contributed by atoms with Gasteiger partial charge in [0.2, 0.25) is 5.91 Å². The molecule has 2 aromatic rings. The van der Waals surface area contributed by atoms with Gasteiger partial charge >= 0.3 is 5.97 Å². The number of aliphatic carboxylic acids is 1. The molecule has 1 aromatic carbocycles. The monoisotopic (exact) mass is 300 g/mol. The van der Waals surface area contributed by atoms with E-state index in [1.165, 1.54) is 5.56 Å². The third-order valence-electron chi connectivity index (χ3n) is 4.56. The third-order valence-corrected chi connectivity index (χ3v) is 4.56. The molecule has 1 heterocycles. The molecular formula is C17H20N2O3. The van der Waals surface area contributed by atoms with Gasteiger partial charge in [-0.15, -0.1) is 0 Å². The number of aryl methyl sites for hydroxylation is 2. The molecule has 1 amide bonds. The SMILES string of the molecule is Cc1cccc2c(CCC(=O)NCC3(C(=O)O)CC3)c[nH]c12. The maximum atomic E-state index is 11.9. The van der Waals surface area contributed by atoms with E-state index in [0.29, 0.717) is 25.7 Å². The molecule has 0 aliphatic heterocycles. The molecule has 5 heteroatoms. The Hall–Kier alpha value is -2.30. The summed E-state index contributed by atoms with van der Waals surface area (Å²) < 4.78 is 0. The van der Waals surface area contributed by atoms with Crippen LogP contribution in [0.1, 0.15) is 30.4 Å². The molecule has 1 aromatic heterocycles. The van der Waals surface area contributed by atoms with Gasteiger partial charge in [0, 0.05) is 30.1 Å². The largest absolute Gasteiger partial charge is 0.481 e. The van der Waals surface area contributed by atoms with Gasteiger partial charge in [0.25, 0.3) is 0 Å². The minimum atomic E-state index is -0.806. The van der Waals surface area contributed by atoms with Crippen molar-refractivity contribution in [3.63, 3.8) is 0 Å². The number of hydrogen-bond donors (Lipinski definition) is 3. The first-order valence-electron chi connectivity index (χ1n) is 7.57. The smallest absolute Gasteiger partial charge is 0.311 e. The van der Waals surface area contributed by atoms with E-state index < -0.39 is 11.4 Å². The minimum absolute atomic E-state index is 0.0884. The van der Waals surface area contributed by atoms with E-state index in [1.54, 1.807) is 0 Å². The summed E-state index contributed by atoms with van der Waals surface area (Å²) in [5.74, 6) is -0.894. The molecule has 0 radical (unpaired) electrons. The number of carbonyl (C=O) groups is 2. The number of para-hydroxylation sites is 1. The summed E-state index contributed by atoms with van der Waals surface area (Å²) in [5.41, 5.74) is 2.72. The summed E-state index contributed by atoms with van der Waals surface area (Å²) in [6.07, 6.45) is 4.28. The summed E-state index contributed by atoms with van der Waals surface area (Å²) in [7, 11) is 0. The number of carboxylic acids is 1. The van der Waals surface area contributed by atoms with Gasteiger partial charge in [-0.2, -0.15) is 0 Å². The Labute approximate surface area is 128 Å². The molecule has 0 spiro atoms. The van der Waals surface area contributed by atoms with Gasteiger partial charge in [-0.1, -0.05) is 18.2 Å². The zero-order valence-electron chi connectivity index (χ0n) is 12.6. The minimum Gasteiger partial charge on any atom is -0.481 e. The Morgan fingerprint density at radius 1 is 1.36 bits per heavy atom. The highest BCUT2D eigenvalue weighted by atomic mass is 16.4. The summed E-state index contributed by atoms with van der Waals surface area (Å²) >= 11 is 0. The lowest BCUT2D eigenvalue weighted by atomic mass is 10.1. The zero-order valence-corrected chi connectivity index (χ0v) is 12.6. The van der Waals surface area contributed by atoms with Crippen LogP contribution in [0.15, 0.2) is 24.4 Å². The summed E-state index contributed by atoms with van der Waals surface area (Å²) in [5, 5.41) is 13.0. The van der Waals surface area contributed by atoms with E-state index in [1.807, 2.05) is 12.3 Å². The number of carbonyl (C=O) groups excluding carboxylic acids is 1. The molecule has 1 aliphatic carbocycles. The van der Waals surface area contributed by atoms with E-state index in [-0.39, 0.29) is 12.5 Å². The van der Waals surface area contributed by atoms with Gasteiger partial charge in [0.1, 0.15) is 0 Å². The van der Waals surface area contributed by atoms with Crippen LogP contribution in [0.5, 0.6) is 0 Å². The van der Waals surface area contributed by atoms with Gasteiger partial charge in [-0.05, 0) is 37.3 Å². The average Bonchev–Trinajstić information content (AvgIpc) is 3.18. The average molecular weight is 300 g/mol. The van der Waals surface area contributed by atoms with Crippen LogP contribution in [0.2, 0.25) is 0 Å². The van der Waals surface area contributed by atoms with Crippen molar-refractivity contribution < 1.29 is 14.7 Å². The number of aromatic nitrogens is 1. The number of carboxylic acid groups (broad SMARTS) is 1. The van der Waals surface area contributed by atoms with E-state index in [2.05, 4.69) is 29.4 Å². The van der Waals surface area contributed by atoms with Gasteiger partial charge in [0.15, 0.2) is 0 Å². The zero-order chi connectivity index (χ0) is 15.7. The van der Waals surface area contributed by atoms with Crippen molar-refractivity contribution in [1.29, 1.82) is 0 Å². The summed E-state index contributed by atoms with van der Waals surface area (Å²) in [6.45, 7) is 2.30. The van der Waals surface area contributed by atoms with Crippen molar-refractivity contribution in [2.75, 3.05) is 6.54 Å². The van der Waals surface area contributed by atoms with Crippen molar-refractivity contribution in [1.82, 2.24) is 10.3 Å². The van der Waals surface area contributed by atoms with Crippen molar-refractivity contribution in [3.05, 3.63) is 35.5 Å². The fourth-order valence-electron chi connectivity index (χ4n) is 2.79. The van der Waals surface area contributed by atoms with Crippen molar-refractivity contribution in [2.45, 2.75) is 32.6 Å². The van der Waals surface area contributed by atoms with Crippen LogP contribution >= 0.6 is 0 Å². The number of hydrogen-bond acceptors (Lipinski definition) is 2. The van der Waals surface area contributed by atoms with Crippen LogP contribution in [0.4, 0.5) is 0 Å². The van der Waals surface area contributed by atoms with Crippen LogP contribution in [-0.2, 0) is 16.0 Å². The Morgan fingerprint density at radius 3 is 2.82 bits per heavy atom. The molecule has 5 nitrogen and oxygen atoms in total. The van der Waals surface area contributed by atoms with Crippen LogP contribution in [0, 0.1) is 12.3 Å². The van der Waals surface area contributed by atoms with Crippen molar-refractivity contribution in [2.24, 2.45) is 5.41 Å². The predicted octanol–water partition coefficient (Wildman–Crippen LogP) is 2.39. The van der Waals surface area contributed by atoms with E-state index in [4.69, 9.17) is 5.11 Å². The lowest BCUT2D eigenvalue weighted by molar-refractivity contribution is -0.143. The maximum Gasteiger partial charge on any atom is 0.311 e. The number of H-pyrrole nitrogens is 1. The molecule has 22 heavy (non-hydrogen) atoms. The molecule has 116 valence electrons. The molecule has 1 fully saturated rings. The molecule has 0 unspecified atom stereocenters. The lowest BCUT2D eigenvalue weighted by Gasteiger charge is -2.10. The fourth-order valence-corrected chi connectivity index (χ4v) is 2.79. The quantitative estimate of drug-likeness (QED) is 0.766. The number of fused-ring (bicyclic) bond motifs is 1. The number of rotatable bonds is 6. The molecule has 1 aliphatic rings. The standard InChI is InChI=1S/C17H20N2O3/c1-11-3-2-4-13-12(9-18-15(11)13)5-6-14(20)19-10-17(7-8-17)16(21)22/h2-4,9,18H,5-8,10H2,1H3,(H,19,20)(H,21,22). The molecule has 0 atom stereocenters. The van der Waals surface area contributed by atoms with E-state index >= 15 is 0 Å². The topological polar surface area (TPSA) is 82.2 Å². The van der Waals surface area contributed by atoms with Crippen LogP contribution in [0.25, 0.3) is 10.9 Å². The fraction of sp³-hybridized carbons (Fsp3) is 0.412. The molecule has 0 bridgehead atoms. The first-order chi connectivity index (χ1) is 10.5. The third kappa shape index (κ3) is 2.71. The number of aromatic amines is 1. The first kappa shape index (κ1) is 14.6. The molecular weight excluding hydrogens is 280 g/mol. The van der Waals surface area contributed by atoms with Crippen LogP contribution in [0.3, 0.4) is 0 Å². The second-order valence-corrected chi connectivity index (χ2v) is 6.17. The molecule has 3 rings (SSSR count). The number of nitrogens with one attached hydrogen (secondary N) is 2. The number of amides is 1. The van der Waals surface area contributed by atoms with Gasteiger partial charge in [-0.25, -0.2) is 0 Å². The summed E-state index contributed by atoms with van der Waals surface area (Å²) in [4.78, 5) is 26.2. The summed E-state index contributed by atoms with van der Waals surface area (Å²) in [6, 6.07) is 6.12. The molecule has 3 N–H and O–H groups in total. The van der Waals surface area contributed by atoms with E-state index in [0.717, 1.165) is 16.5 Å². The van der Waals surface area contributed by atoms with Gasteiger partial charge in [-0.3, -0.25) is 9.59 Å². The second kappa shape index (κ2) is 5.48. The van der Waals surface area contributed by atoms with Crippen molar-refractivity contribution >= 4 is 22.8 Å². The first-order valence-corrected chi connectivity index (χ1v) is 7.57. The highest BCUT2D eigenvalue weighted by Crippen LogP contribution is 2.45. The number of benzene rings is 1. The Balaban J connectivity index is 1.56. The Morgan fingerprint density at radius 2 is 2.14 bits per heavy atom. The molecule has 0 saturated heterocycles. The lowest BCUT2D eigenvalue weighted by Crippen LogP contribution is -2.34. The Bertz CT molecular complexity index is 729. The molecule has 1 saturated carbocycles. The van der Waals surface area contributed by atoms with Crippen LogP contribution < -0.4 is 5.32 Å². The van der Waals surface area contributed by atoms with Gasteiger partial charge < -0.3 is 15.4 Å². The van der Waals surface area contributed by atoms with Crippen LogP contribution in [-0.4, -0.2) is 28.5 Å². The predicted molar refractivity (Wildman–Crippen MR) is 83.7 cm³/mol.